The summed E-state index contributed by atoms with van der Waals surface area (Å²) in [6, 6.07) is 11.6. The van der Waals surface area contributed by atoms with Gasteiger partial charge in [0.05, 0.1) is 11.3 Å². The Morgan fingerprint density at radius 3 is 2.15 bits per heavy atom. The van der Waals surface area contributed by atoms with Gasteiger partial charge in [0.1, 0.15) is 5.70 Å². The van der Waals surface area contributed by atoms with Crippen LogP contribution in [0.1, 0.15) is 44.1 Å². The molecule has 0 unspecified atom stereocenters. The van der Waals surface area contributed by atoms with E-state index in [1.807, 2.05) is 41.8 Å². The number of amides is 2. The van der Waals surface area contributed by atoms with E-state index in [4.69, 9.17) is 0 Å². The predicted molar refractivity (Wildman–Crippen MR) is 110 cm³/mol. The van der Waals surface area contributed by atoms with Crippen LogP contribution < -0.4 is 4.90 Å². The van der Waals surface area contributed by atoms with Crippen LogP contribution in [-0.4, -0.2) is 29.8 Å². The van der Waals surface area contributed by atoms with Gasteiger partial charge in [-0.15, -0.1) is 11.3 Å². The second kappa shape index (κ2) is 6.64. The first kappa shape index (κ1) is 18.0. The summed E-state index contributed by atoms with van der Waals surface area (Å²) in [5.74, 6) is -0.415. The van der Waals surface area contributed by atoms with E-state index in [-0.39, 0.29) is 17.2 Å². The van der Waals surface area contributed by atoms with Crippen LogP contribution in [0.4, 0.5) is 5.69 Å². The van der Waals surface area contributed by atoms with Crippen molar-refractivity contribution in [2.24, 2.45) is 0 Å². The van der Waals surface area contributed by atoms with Crippen molar-refractivity contribution in [2.75, 3.05) is 18.0 Å². The zero-order valence-corrected chi connectivity index (χ0v) is 16.8. The molecule has 1 aromatic carbocycles. The first-order valence-corrected chi connectivity index (χ1v) is 10.3. The number of likely N-dealkylation sites (tertiary alicyclic amines) is 1. The van der Waals surface area contributed by atoms with Gasteiger partial charge in [-0.05, 0) is 47.4 Å². The maximum Gasteiger partial charge on any atom is 0.282 e. The fourth-order valence-electron chi connectivity index (χ4n) is 3.74. The van der Waals surface area contributed by atoms with E-state index in [1.54, 1.807) is 0 Å². The smallest absolute Gasteiger partial charge is 0.282 e. The molecule has 140 valence electrons. The fourth-order valence-corrected chi connectivity index (χ4v) is 4.50. The number of thiophene rings is 1. The molecule has 4 nitrogen and oxygen atoms in total. The van der Waals surface area contributed by atoms with Crippen LogP contribution in [0.5, 0.6) is 0 Å². The lowest BCUT2D eigenvalue weighted by Crippen LogP contribution is -2.34. The van der Waals surface area contributed by atoms with Gasteiger partial charge in [-0.25, -0.2) is 4.90 Å². The molecule has 2 amide bonds. The highest BCUT2D eigenvalue weighted by Gasteiger charge is 2.43. The Bertz CT molecular complexity index is 899. The molecule has 1 aromatic heterocycles. The Hall–Kier alpha value is -2.40. The van der Waals surface area contributed by atoms with Crippen molar-refractivity contribution in [1.29, 1.82) is 0 Å². The normalized spacial score (nSPS) is 18.2. The van der Waals surface area contributed by atoms with Crippen LogP contribution in [-0.2, 0) is 15.0 Å². The van der Waals surface area contributed by atoms with E-state index in [0.29, 0.717) is 17.0 Å². The number of hydrogen-bond acceptors (Lipinski definition) is 4. The van der Waals surface area contributed by atoms with Crippen LogP contribution in [0.25, 0.3) is 5.57 Å². The summed E-state index contributed by atoms with van der Waals surface area (Å²) in [6.45, 7) is 8.11. The van der Waals surface area contributed by atoms with E-state index in [9.17, 15) is 9.59 Å². The summed E-state index contributed by atoms with van der Waals surface area (Å²) < 4.78 is 0. The molecule has 2 aliphatic heterocycles. The number of benzene rings is 1. The van der Waals surface area contributed by atoms with Gasteiger partial charge >= 0.3 is 0 Å². The zero-order chi connectivity index (χ0) is 19.2. The molecule has 2 aliphatic rings. The van der Waals surface area contributed by atoms with Gasteiger partial charge in [0, 0.05) is 18.0 Å². The monoisotopic (exact) mass is 380 g/mol. The van der Waals surface area contributed by atoms with Crippen LogP contribution in [0.2, 0.25) is 0 Å². The second-order valence-corrected chi connectivity index (χ2v) is 9.09. The molecule has 27 heavy (non-hydrogen) atoms. The molecule has 5 heteroatoms. The van der Waals surface area contributed by atoms with Gasteiger partial charge in [0.2, 0.25) is 0 Å². The lowest BCUT2D eigenvalue weighted by molar-refractivity contribution is -0.120. The molecule has 0 atom stereocenters. The van der Waals surface area contributed by atoms with Crippen molar-refractivity contribution in [3.8, 4) is 0 Å². The third kappa shape index (κ3) is 3.10. The zero-order valence-electron chi connectivity index (χ0n) is 16.0. The minimum absolute atomic E-state index is 0.0264. The third-order valence-corrected chi connectivity index (χ3v) is 6.13. The number of carbonyl (C=O) groups is 2. The van der Waals surface area contributed by atoms with E-state index in [0.717, 1.165) is 30.8 Å². The Kier molecular flexibility index (Phi) is 4.42. The van der Waals surface area contributed by atoms with Gasteiger partial charge in [-0.3, -0.25) is 9.59 Å². The molecule has 3 heterocycles. The Balaban J connectivity index is 1.75. The van der Waals surface area contributed by atoms with E-state index < -0.39 is 0 Å². The van der Waals surface area contributed by atoms with E-state index in [1.165, 1.54) is 21.8 Å². The van der Waals surface area contributed by atoms with Crippen LogP contribution in [0, 0.1) is 0 Å². The van der Waals surface area contributed by atoms with Gasteiger partial charge in [-0.2, -0.15) is 0 Å². The Morgan fingerprint density at radius 1 is 0.926 bits per heavy atom. The topological polar surface area (TPSA) is 40.6 Å². The van der Waals surface area contributed by atoms with Crippen LogP contribution in [0.15, 0.2) is 47.5 Å². The largest absolute Gasteiger partial charge is 0.366 e. The van der Waals surface area contributed by atoms with Gasteiger partial charge < -0.3 is 4.90 Å². The summed E-state index contributed by atoms with van der Waals surface area (Å²) in [7, 11) is 0. The molecule has 0 spiro atoms. The molecule has 1 saturated heterocycles. The first-order valence-electron chi connectivity index (χ1n) is 9.40. The van der Waals surface area contributed by atoms with Gasteiger partial charge in [-0.1, -0.05) is 39.0 Å². The average molecular weight is 381 g/mol. The Morgan fingerprint density at radius 2 is 1.59 bits per heavy atom. The molecule has 0 radical (unpaired) electrons. The van der Waals surface area contributed by atoms with Crippen molar-refractivity contribution in [2.45, 2.75) is 39.0 Å². The van der Waals surface area contributed by atoms with Crippen molar-refractivity contribution in [1.82, 2.24) is 4.90 Å². The van der Waals surface area contributed by atoms with Crippen molar-refractivity contribution in [3.63, 3.8) is 0 Å². The summed E-state index contributed by atoms with van der Waals surface area (Å²) >= 11 is 1.51. The Labute approximate surface area is 164 Å². The number of carbonyl (C=O) groups excluding carboxylic acids is 2. The fraction of sp³-hybridized carbons (Fsp3) is 0.364. The summed E-state index contributed by atoms with van der Waals surface area (Å²) in [6.07, 6.45) is 2.12. The maximum absolute atomic E-state index is 13.3. The van der Waals surface area contributed by atoms with Crippen molar-refractivity contribution in [3.05, 3.63) is 57.9 Å². The standard InChI is InChI=1S/C22H24N2O2S/c1-22(2,3)15-8-10-16(11-9-15)24-20(25)18(17-7-6-14-27-17)19(21(24)26)23-12-4-5-13-23/h6-11,14H,4-5,12-13H2,1-3H3. The maximum atomic E-state index is 13.3. The van der Waals surface area contributed by atoms with Gasteiger partial charge in [0.25, 0.3) is 11.8 Å². The molecular formula is C22H24N2O2S. The lowest BCUT2D eigenvalue weighted by atomic mass is 9.87. The first-order chi connectivity index (χ1) is 12.9. The highest BCUT2D eigenvalue weighted by Crippen LogP contribution is 2.38. The summed E-state index contributed by atoms with van der Waals surface area (Å²) in [4.78, 5) is 30.9. The minimum Gasteiger partial charge on any atom is -0.366 e. The number of anilines is 1. The molecule has 0 N–H and O–H groups in total. The molecular weight excluding hydrogens is 356 g/mol. The molecule has 2 aromatic rings. The number of hydrogen-bond donors (Lipinski definition) is 0. The average Bonchev–Trinajstić information content (AvgIpc) is 3.35. The molecule has 0 saturated carbocycles. The molecule has 4 rings (SSSR count). The SMILES string of the molecule is CC(C)(C)c1ccc(N2C(=O)C(c3cccs3)=C(N3CCCC3)C2=O)cc1. The molecule has 1 fully saturated rings. The quantitative estimate of drug-likeness (QED) is 0.740. The highest BCUT2D eigenvalue weighted by molar-refractivity contribution is 7.11. The summed E-state index contributed by atoms with van der Waals surface area (Å²) in [5.41, 5.74) is 2.97. The van der Waals surface area contributed by atoms with E-state index in [2.05, 4.69) is 25.7 Å². The molecule has 0 aliphatic carbocycles. The van der Waals surface area contributed by atoms with Crippen molar-refractivity contribution < 1.29 is 9.59 Å². The van der Waals surface area contributed by atoms with Crippen LogP contribution >= 0.6 is 11.3 Å². The van der Waals surface area contributed by atoms with Crippen molar-refractivity contribution >= 4 is 34.4 Å². The summed E-state index contributed by atoms with van der Waals surface area (Å²) in [5, 5.41) is 1.95. The second-order valence-electron chi connectivity index (χ2n) is 8.14. The number of rotatable bonds is 3. The number of imide groups is 1. The van der Waals surface area contributed by atoms with Gasteiger partial charge in [0.15, 0.2) is 0 Å². The third-order valence-electron chi connectivity index (χ3n) is 5.24. The van der Waals surface area contributed by atoms with E-state index >= 15 is 0 Å². The highest BCUT2D eigenvalue weighted by atomic mass is 32.1. The number of nitrogens with zero attached hydrogens (tertiary/aromatic N) is 2. The lowest BCUT2D eigenvalue weighted by Gasteiger charge is -2.22. The minimum atomic E-state index is -0.215. The van der Waals surface area contributed by atoms with Crippen LogP contribution in [0.3, 0.4) is 0 Å². The molecule has 0 bridgehead atoms. The predicted octanol–water partition coefficient (Wildman–Crippen LogP) is 4.43.